The Hall–Kier alpha value is -1.91. The maximum absolute atomic E-state index is 13.0. The van der Waals surface area contributed by atoms with Crippen molar-refractivity contribution in [3.05, 3.63) is 42.2 Å². The molecule has 1 aliphatic rings. The number of nitrogens with zero attached hydrogens (tertiary/aromatic N) is 1. The zero-order chi connectivity index (χ0) is 15.7. The quantitative estimate of drug-likeness (QED) is 0.758. The van der Waals surface area contributed by atoms with E-state index in [9.17, 15) is 13.2 Å². The number of halogens is 3. The van der Waals surface area contributed by atoms with E-state index in [4.69, 9.17) is 4.42 Å². The lowest BCUT2D eigenvalue weighted by atomic mass is 9.97. The van der Waals surface area contributed by atoms with Gasteiger partial charge in [-0.15, -0.1) is 0 Å². The van der Waals surface area contributed by atoms with Crippen LogP contribution in [0.3, 0.4) is 0 Å². The lowest BCUT2D eigenvalue weighted by Crippen LogP contribution is -2.33. The normalized spacial score (nSPS) is 17.0. The lowest BCUT2D eigenvalue weighted by molar-refractivity contribution is -0.137. The van der Waals surface area contributed by atoms with Crippen LogP contribution < -0.4 is 4.90 Å². The van der Waals surface area contributed by atoms with Crippen molar-refractivity contribution in [1.82, 2.24) is 0 Å². The molecule has 2 nitrogen and oxygen atoms in total. The second-order valence-corrected chi connectivity index (χ2v) is 5.88. The Morgan fingerprint density at radius 2 is 1.86 bits per heavy atom. The summed E-state index contributed by atoms with van der Waals surface area (Å²) in [6.07, 6.45) is -0.759. The highest BCUT2D eigenvalue weighted by Gasteiger charge is 2.32. The van der Waals surface area contributed by atoms with Crippen LogP contribution in [-0.4, -0.2) is 13.1 Å². The van der Waals surface area contributed by atoms with Gasteiger partial charge in [0.2, 0.25) is 0 Å². The Kier molecular flexibility index (Phi) is 3.89. The molecule has 1 fully saturated rings. The topological polar surface area (TPSA) is 16.4 Å². The summed E-state index contributed by atoms with van der Waals surface area (Å²) in [5, 5.41) is 0. The molecule has 2 aromatic rings. The molecule has 2 heterocycles. The van der Waals surface area contributed by atoms with E-state index < -0.39 is 11.7 Å². The van der Waals surface area contributed by atoms with Gasteiger partial charge in [-0.05, 0) is 49.1 Å². The van der Waals surface area contributed by atoms with E-state index in [0.717, 1.165) is 37.7 Å². The van der Waals surface area contributed by atoms with Gasteiger partial charge in [0.15, 0.2) is 0 Å². The molecule has 0 aliphatic carbocycles. The van der Waals surface area contributed by atoms with Gasteiger partial charge in [-0.1, -0.05) is 6.92 Å². The second-order valence-electron chi connectivity index (χ2n) is 5.88. The zero-order valence-electron chi connectivity index (χ0n) is 12.4. The first-order chi connectivity index (χ1) is 10.4. The summed E-state index contributed by atoms with van der Waals surface area (Å²) in [4.78, 5) is 2.15. The fraction of sp³-hybridized carbons (Fsp3) is 0.412. The van der Waals surface area contributed by atoms with E-state index in [1.165, 1.54) is 12.3 Å². The van der Waals surface area contributed by atoms with Crippen LogP contribution in [0.5, 0.6) is 0 Å². The molecule has 1 aliphatic heterocycles. The minimum atomic E-state index is -4.35. The van der Waals surface area contributed by atoms with Gasteiger partial charge in [-0.2, -0.15) is 13.2 Å². The number of rotatable bonds is 2. The Morgan fingerprint density at radius 1 is 1.14 bits per heavy atom. The summed E-state index contributed by atoms with van der Waals surface area (Å²) in [6.45, 7) is 3.93. The molecule has 0 amide bonds. The van der Waals surface area contributed by atoms with Crippen molar-refractivity contribution in [2.75, 3.05) is 18.0 Å². The molecule has 1 aromatic heterocycles. The minimum absolute atomic E-state index is 0.472. The summed E-state index contributed by atoms with van der Waals surface area (Å²) in [7, 11) is 0. The van der Waals surface area contributed by atoms with Crippen LogP contribution in [0.15, 0.2) is 41.0 Å². The number of anilines is 1. The molecule has 0 N–H and O–H groups in total. The highest BCUT2D eigenvalue weighted by atomic mass is 19.4. The summed E-state index contributed by atoms with van der Waals surface area (Å²) in [6, 6.07) is 7.30. The summed E-state index contributed by atoms with van der Waals surface area (Å²) < 4.78 is 44.3. The Bertz CT molecular complexity index is 626. The number of furan rings is 1. The molecule has 0 spiro atoms. The summed E-state index contributed by atoms with van der Waals surface area (Å²) in [5.41, 5.74) is 0.678. The monoisotopic (exact) mass is 309 g/mol. The van der Waals surface area contributed by atoms with Gasteiger partial charge in [0.25, 0.3) is 0 Å². The predicted octanol–water partition coefficient (Wildman–Crippen LogP) is 5.20. The third-order valence-electron chi connectivity index (χ3n) is 4.23. The van der Waals surface area contributed by atoms with Crippen molar-refractivity contribution in [1.29, 1.82) is 0 Å². The minimum Gasteiger partial charge on any atom is -0.464 e. The van der Waals surface area contributed by atoms with Gasteiger partial charge in [0.05, 0.1) is 11.8 Å². The van der Waals surface area contributed by atoms with Crippen molar-refractivity contribution >= 4 is 5.69 Å². The van der Waals surface area contributed by atoms with Gasteiger partial charge in [-0.3, -0.25) is 0 Å². The molecule has 0 saturated carbocycles. The van der Waals surface area contributed by atoms with Gasteiger partial charge < -0.3 is 9.32 Å². The molecule has 5 heteroatoms. The number of hydrogen-bond acceptors (Lipinski definition) is 2. The molecule has 118 valence electrons. The maximum atomic E-state index is 13.0. The number of piperidine rings is 1. The van der Waals surface area contributed by atoms with Gasteiger partial charge in [-0.25, -0.2) is 0 Å². The van der Waals surface area contributed by atoms with E-state index in [1.54, 1.807) is 18.2 Å². The van der Waals surface area contributed by atoms with E-state index in [1.807, 2.05) is 0 Å². The number of benzene rings is 1. The number of alkyl halides is 3. The van der Waals surface area contributed by atoms with Crippen molar-refractivity contribution < 1.29 is 17.6 Å². The fourth-order valence-electron chi connectivity index (χ4n) is 2.87. The predicted molar refractivity (Wildman–Crippen MR) is 79.8 cm³/mol. The smallest absolute Gasteiger partial charge is 0.416 e. The lowest BCUT2D eigenvalue weighted by Gasteiger charge is -2.33. The first-order valence-corrected chi connectivity index (χ1v) is 7.45. The van der Waals surface area contributed by atoms with Gasteiger partial charge in [0, 0.05) is 24.3 Å². The van der Waals surface area contributed by atoms with Gasteiger partial charge >= 0.3 is 6.18 Å². The molecule has 0 atom stereocenters. The molecular formula is C17H18F3NO. The van der Waals surface area contributed by atoms with E-state index in [-0.39, 0.29) is 0 Å². The summed E-state index contributed by atoms with van der Waals surface area (Å²) >= 11 is 0. The van der Waals surface area contributed by atoms with Crippen LogP contribution >= 0.6 is 0 Å². The fourth-order valence-corrected chi connectivity index (χ4v) is 2.87. The third-order valence-corrected chi connectivity index (χ3v) is 4.23. The maximum Gasteiger partial charge on any atom is 0.416 e. The molecule has 0 radical (unpaired) electrons. The Balaban J connectivity index is 2.02. The molecule has 22 heavy (non-hydrogen) atoms. The van der Waals surface area contributed by atoms with Crippen LogP contribution in [0.25, 0.3) is 11.3 Å². The standard InChI is InChI=1S/C17H18F3NO/c1-12-6-8-21(9-7-12)15-5-4-13(17(18,19)20)11-14(15)16-3-2-10-22-16/h2-5,10-12H,6-9H2,1H3. The molecule has 3 rings (SSSR count). The Labute approximate surface area is 127 Å². The van der Waals surface area contributed by atoms with Crippen LogP contribution in [0.4, 0.5) is 18.9 Å². The van der Waals surface area contributed by atoms with Crippen molar-refractivity contribution in [3.8, 4) is 11.3 Å². The van der Waals surface area contributed by atoms with Crippen molar-refractivity contribution in [3.63, 3.8) is 0 Å². The molecule has 0 unspecified atom stereocenters. The Morgan fingerprint density at radius 3 is 2.45 bits per heavy atom. The second kappa shape index (κ2) is 5.71. The largest absolute Gasteiger partial charge is 0.464 e. The van der Waals surface area contributed by atoms with E-state index in [0.29, 0.717) is 17.2 Å². The average molecular weight is 309 g/mol. The van der Waals surface area contributed by atoms with Crippen molar-refractivity contribution in [2.45, 2.75) is 25.9 Å². The van der Waals surface area contributed by atoms with E-state index >= 15 is 0 Å². The van der Waals surface area contributed by atoms with Crippen molar-refractivity contribution in [2.24, 2.45) is 5.92 Å². The molecule has 1 aromatic carbocycles. The van der Waals surface area contributed by atoms with E-state index in [2.05, 4.69) is 11.8 Å². The van der Waals surface area contributed by atoms with Crippen LogP contribution in [0.1, 0.15) is 25.3 Å². The van der Waals surface area contributed by atoms with Crippen LogP contribution in [0.2, 0.25) is 0 Å². The average Bonchev–Trinajstić information content (AvgIpc) is 3.01. The molecule has 0 bridgehead atoms. The highest BCUT2D eigenvalue weighted by Crippen LogP contribution is 2.38. The number of hydrogen-bond donors (Lipinski definition) is 0. The molecule has 1 saturated heterocycles. The van der Waals surface area contributed by atoms with Crippen LogP contribution in [0, 0.1) is 5.92 Å². The highest BCUT2D eigenvalue weighted by molar-refractivity contribution is 5.76. The van der Waals surface area contributed by atoms with Gasteiger partial charge in [0.1, 0.15) is 5.76 Å². The third kappa shape index (κ3) is 2.98. The SMILES string of the molecule is CC1CCN(c2ccc(C(F)(F)F)cc2-c2ccco2)CC1. The van der Waals surface area contributed by atoms with Crippen LogP contribution in [-0.2, 0) is 6.18 Å². The molecular weight excluding hydrogens is 291 g/mol. The summed E-state index contributed by atoms with van der Waals surface area (Å²) in [5.74, 6) is 1.14. The first kappa shape index (κ1) is 15.0. The first-order valence-electron chi connectivity index (χ1n) is 7.45. The zero-order valence-corrected chi connectivity index (χ0v) is 12.4.